The minimum absolute atomic E-state index is 0.242. The summed E-state index contributed by atoms with van der Waals surface area (Å²) in [6, 6.07) is 9.46. The fourth-order valence-corrected chi connectivity index (χ4v) is 3.89. The van der Waals surface area contributed by atoms with Crippen LogP contribution in [0.5, 0.6) is 5.75 Å². The molecule has 29 heavy (non-hydrogen) atoms. The van der Waals surface area contributed by atoms with Crippen LogP contribution in [-0.4, -0.2) is 26.9 Å². The highest BCUT2D eigenvalue weighted by atomic mass is 31.0. The molecule has 1 amide bonds. The Hall–Kier alpha value is -2.46. The number of rotatable bonds is 8. The minimum atomic E-state index is -0.242. The third-order valence-electron chi connectivity index (χ3n) is 5.06. The van der Waals surface area contributed by atoms with Gasteiger partial charge in [0, 0.05) is 22.7 Å². The molecule has 2 aromatic heterocycles. The zero-order valence-corrected chi connectivity index (χ0v) is 18.1. The standard InChI is InChI=1S/C22H27N4O2P/c1-3-4-5-12-28-17-10-8-16(9-11-17)24-22(27)19-21-23-14(2)13-18(29)26(21)20(25-19)15-6-7-15/h8-11,13,15H,3-7,12,29H2,1-2H3,(H,24,27). The van der Waals surface area contributed by atoms with Gasteiger partial charge in [0.25, 0.3) is 5.91 Å². The first-order chi connectivity index (χ1) is 14.1. The van der Waals surface area contributed by atoms with Crippen LogP contribution in [0, 0.1) is 6.92 Å². The van der Waals surface area contributed by atoms with E-state index < -0.39 is 0 Å². The van der Waals surface area contributed by atoms with Crippen LogP contribution >= 0.6 is 9.24 Å². The van der Waals surface area contributed by atoms with E-state index in [0.717, 1.165) is 42.0 Å². The lowest BCUT2D eigenvalue weighted by atomic mass is 10.2. The van der Waals surface area contributed by atoms with Gasteiger partial charge in [0.2, 0.25) is 0 Å². The number of nitrogens with zero attached hydrogens (tertiary/aromatic N) is 3. The average molecular weight is 410 g/mol. The van der Waals surface area contributed by atoms with Crippen LogP contribution in [0.1, 0.15) is 67.0 Å². The van der Waals surface area contributed by atoms with Gasteiger partial charge in [-0.15, -0.1) is 0 Å². The number of aromatic nitrogens is 3. The number of ether oxygens (including phenoxy) is 1. The molecule has 0 spiro atoms. The predicted octanol–water partition coefficient (Wildman–Crippen LogP) is 4.24. The van der Waals surface area contributed by atoms with Gasteiger partial charge >= 0.3 is 0 Å². The average Bonchev–Trinajstić information content (AvgIpc) is 3.47. The minimum Gasteiger partial charge on any atom is -0.494 e. The van der Waals surface area contributed by atoms with Gasteiger partial charge in [-0.2, -0.15) is 0 Å². The molecule has 0 aliphatic heterocycles. The van der Waals surface area contributed by atoms with E-state index in [9.17, 15) is 4.79 Å². The molecule has 0 saturated heterocycles. The molecule has 1 N–H and O–H groups in total. The second-order valence-corrected chi connectivity index (χ2v) is 8.20. The molecule has 7 heteroatoms. The second kappa shape index (κ2) is 8.50. The summed E-state index contributed by atoms with van der Waals surface area (Å²) in [6.45, 7) is 4.82. The number of hydrogen-bond acceptors (Lipinski definition) is 4. The van der Waals surface area contributed by atoms with E-state index in [1.165, 1.54) is 12.8 Å². The first kappa shape index (κ1) is 19.8. The predicted molar refractivity (Wildman–Crippen MR) is 118 cm³/mol. The monoisotopic (exact) mass is 410 g/mol. The first-order valence-electron chi connectivity index (χ1n) is 10.3. The molecule has 3 aromatic rings. The maximum atomic E-state index is 13.0. The van der Waals surface area contributed by atoms with Gasteiger partial charge in [0.15, 0.2) is 11.3 Å². The number of amides is 1. The number of carbonyl (C=O) groups excluding carboxylic acids is 1. The lowest BCUT2D eigenvalue weighted by molar-refractivity contribution is 0.102. The number of unbranched alkanes of at least 4 members (excludes halogenated alkanes) is 2. The molecule has 1 aliphatic carbocycles. The molecule has 1 saturated carbocycles. The Bertz CT molecular complexity index is 1030. The van der Waals surface area contributed by atoms with Gasteiger partial charge in [-0.05, 0) is 56.5 Å². The largest absolute Gasteiger partial charge is 0.494 e. The van der Waals surface area contributed by atoms with Gasteiger partial charge in [0.05, 0.1) is 6.61 Å². The van der Waals surface area contributed by atoms with Crippen LogP contribution in [0.3, 0.4) is 0 Å². The van der Waals surface area contributed by atoms with Crippen molar-refractivity contribution >= 4 is 31.9 Å². The first-order valence-corrected chi connectivity index (χ1v) is 10.8. The molecule has 6 nitrogen and oxygen atoms in total. The van der Waals surface area contributed by atoms with Gasteiger partial charge in [-0.3, -0.25) is 9.20 Å². The molecule has 1 fully saturated rings. The number of carbonyl (C=O) groups is 1. The Kier molecular flexibility index (Phi) is 5.81. The third kappa shape index (κ3) is 4.43. The molecule has 4 rings (SSSR count). The van der Waals surface area contributed by atoms with E-state index in [-0.39, 0.29) is 5.91 Å². The van der Waals surface area contributed by atoms with Crippen LogP contribution in [0.25, 0.3) is 5.65 Å². The molecule has 1 unspecified atom stereocenters. The number of anilines is 1. The third-order valence-corrected chi connectivity index (χ3v) is 5.49. The van der Waals surface area contributed by atoms with E-state index in [0.29, 0.717) is 29.6 Å². The summed E-state index contributed by atoms with van der Waals surface area (Å²) in [5.74, 6) is 1.91. The quantitative estimate of drug-likeness (QED) is 0.446. The van der Waals surface area contributed by atoms with Crippen LogP contribution in [-0.2, 0) is 0 Å². The van der Waals surface area contributed by atoms with E-state index in [2.05, 4.69) is 31.4 Å². The van der Waals surface area contributed by atoms with Gasteiger partial charge < -0.3 is 10.1 Å². The van der Waals surface area contributed by atoms with Crippen molar-refractivity contribution in [2.75, 3.05) is 11.9 Å². The summed E-state index contributed by atoms with van der Waals surface area (Å²) in [4.78, 5) is 22.2. The molecule has 0 radical (unpaired) electrons. The van der Waals surface area contributed by atoms with Crippen molar-refractivity contribution in [2.24, 2.45) is 0 Å². The molecular weight excluding hydrogens is 383 g/mol. The van der Waals surface area contributed by atoms with Crippen LogP contribution in [0.4, 0.5) is 5.69 Å². The highest BCUT2D eigenvalue weighted by Gasteiger charge is 2.31. The van der Waals surface area contributed by atoms with Crippen molar-refractivity contribution in [1.29, 1.82) is 0 Å². The summed E-state index contributed by atoms with van der Waals surface area (Å²) in [7, 11) is 2.73. The maximum Gasteiger partial charge on any atom is 0.278 e. The van der Waals surface area contributed by atoms with Crippen molar-refractivity contribution < 1.29 is 9.53 Å². The molecule has 1 atom stereocenters. The Labute approximate surface area is 173 Å². The fraction of sp³-hybridized carbons (Fsp3) is 0.409. The Morgan fingerprint density at radius 1 is 1.24 bits per heavy atom. The van der Waals surface area contributed by atoms with E-state index in [1.54, 1.807) is 0 Å². The highest BCUT2D eigenvalue weighted by molar-refractivity contribution is 7.27. The van der Waals surface area contributed by atoms with Crippen molar-refractivity contribution in [3.8, 4) is 5.75 Å². The summed E-state index contributed by atoms with van der Waals surface area (Å²) in [5, 5.41) is 2.95. The summed E-state index contributed by atoms with van der Waals surface area (Å²) in [5.41, 5.74) is 3.54. The normalized spacial score (nSPS) is 13.6. The van der Waals surface area contributed by atoms with Crippen LogP contribution in [0.15, 0.2) is 30.3 Å². The van der Waals surface area contributed by atoms with E-state index in [4.69, 9.17) is 4.74 Å². The van der Waals surface area contributed by atoms with Crippen molar-refractivity contribution in [1.82, 2.24) is 14.4 Å². The van der Waals surface area contributed by atoms with Gasteiger partial charge in [-0.1, -0.05) is 29.0 Å². The zero-order valence-electron chi connectivity index (χ0n) is 16.9. The zero-order chi connectivity index (χ0) is 20.4. The second-order valence-electron chi connectivity index (χ2n) is 7.61. The maximum absolute atomic E-state index is 13.0. The number of hydrogen-bond donors (Lipinski definition) is 1. The molecule has 2 heterocycles. The molecular formula is C22H27N4O2P. The SMILES string of the molecule is CCCCCOc1ccc(NC(=O)c2nc(C3CC3)n3c(P)cc(C)nc23)cc1. The Morgan fingerprint density at radius 2 is 2.00 bits per heavy atom. The van der Waals surface area contributed by atoms with Gasteiger partial charge in [0.1, 0.15) is 11.6 Å². The Morgan fingerprint density at radius 3 is 2.69 bits per heavy atom. The van der Waals surface area contributed by atoms with Crippen molar-refractivity contribution in [3.63, 3.8) is 0 Å². The molecule has 0 bridgehead atoms. The number of aryl methyl sites for hydroxylation is 1. The summed E-state index contributed by atoms with van der Waals surface area (Å²) < 4.78 is 7.73. The fourth-order valence-electron chi connectivity index (χ4n) is 3.40. The molecule has 1 aromatic carbocycles. The number of benzene rings is 1. The Balaban J connectivity index is 1.52. The lowest BCUT2D eigenvalue weighted by Crippen LogP contribution is -2.15. The number of nitrogens with one attached hydrogen (secondary N) is 1. The molecule has 152 valence electrons. The highest BCUT2D eigenvalue weighted by Crippen LogP contribution is 2.39. The number of fused-ring (bicyclic) bond motifs is 1. The molecule has 1 aliphatic rings. The van der Waals surface area contributed by atoms with Crippen molar-refractivity contribution in [3.05, 3.63) is 47.5 Å². The summed E-state index contributed by atoms with van der Waals surface area (Å²) in [6.07, 6.45) is 5.61. The smallest absolute Gasteiger partial charge is 0.278 e. The number of imidazole rings is 1. The van der Waals surface area contributed by atoms with Gasteiger partial charge in [-0.25, -0.2) is 9.97 Å². The van der Waals surface area contributed by atoms with Crippen LogP contribution < -0.4 is 15.5 Å². The van der Waals surface area contributed by atoms with Crippen molar-refractivity contribution in [2.45, 2.75) is 51.9 Å². The van der Waals surface area contributed by atoms with E-state index >= 15 is 0 Å². The summed E-state index contributed by atoms with van der Waals surface area (Å²) >= 11 is 0. The van der Waals surface area contributed by atoms with Crippen LogP contribution in [0.2, 0.25) is 0 Å². The lowest BCUT2D eigenvalue weighted by Gasteiger charge is -2.08. The topological polar surface area (TPSA) is 68.5 Å². The van der Waals surface area contributed by atoms with E-state index in [1.807, 2.05) is 41.7 Å².